The van der Waals surface area contributed by atoms with Crippen LogP contribution in [0.4, 0.5) is 0 Å². The zero-order valence-electron chi connectivity index (χ0n) is 15.5. The smallest absolute Gasteiger partial charge is 0.274 e. The molecule has 1 N–H and O–H groups in total. The molecular weight excluding hydrogens is 352 g/mol. The first kappa shape index (κ1) is 18.0. The minimum Gasteiger partial charge on any atom is -0.334 e. The molecule has 7 nitrogen and oxygen atoms in total. The quantitative estimate of drug-likeness (QED) is 0.865. The number of hydrogen-bond donors (Lipinski definition) is 1. The van der Waals surface area contributed by atoms with Crippen LogP contribution >= 0.6 is 0 Å². The Morgan fingerprint density at radius 1 is 1.23 bits per heavy atom. The van der Waals surface area contributed by atoms with E-state index in [-0.39, 0.29) is 17.9 Å². The Balaban J connectivity index is 1.48. The SMILES string of the molecule is CC(C)S(=O)(=O)N1CC[C@@H]2[C@H](CCCN2C(=O)c2cc(C3CC3)[nH]n2)C1. The number of aromatic amines is 1. The molecule has 0 radical (unpaired) electrons. The second-order valence-electron chi connectivity index (χ2n) is 8.19. The summed E-state index contributed by atoms with van der Waals surface area (Å²) < 4.78 is 26.6. The van der Waals surface area contributed by atoms with Crippen molar-refractivity contribution in [2.24, 2.45) is 5.92 Å². The lowest BCUT2D eigenvalue weighted by Gasteiger charge is -2.46. The number of aromatic nitrogens is 2. The molecule has 1 aromatic rings. The first-order valence-electron chi connectivity index (χ1n) is 9.73. The lowest BCUT2D eigenvalue weighted by molar-refractivity contribution is 0.0328. The van der Waals surface area contributed by atoms with Crippen molar-refractivity contribution in [2.45, 2.75) is 63.2 Å². The van der Waals surface area contributed by atoms with Gasteiger partial charge in [0.15, 0.2) is 0 Å². The third kappa shape index (κ3) is 3.17. The molecule has 1 saturated carbocycles. The largest absolute Gasteiger partial charge is 0.334 e. The van der Waals surface area contributed by atoms with E-state index in [9.17, 15) is 13.2 Å². The van der Waals surface area contributed by atoms with Gasteiger partial charge in [-0.3, -0.25) is 9.89 Å². The minimum absolute atomic E-state index is 0.0111. The van der Waals surface area contributed by atoms with E-state index < -0.39 is 15.3 Å². The van der Waals surface area contributed by atoms with Gasteiger partial charge in [-0.1, -0.05) is 0 Å². The van der Waals surface area contributed by atoms with Crippen molar-refractivity contribution < 1.29 is 13.2 Å². The van der Waals surface area contributed by atoms with Crippen molar-refractivity contribution in [1.82, 2.24) is 19.4 Å². The summed E-state index contributed by atoms with van der Waals surface area (Å²) in [6, 6.07) is 2.03. The van der Waals surface area contributed by atoms with Crippen LogP contribution in [0.5, 0.6) is 0 Å². The van der Waals surface area contributed by atoms with Gasteiger partial charge in [0.25, 0.3) is 5.91 Å². The van der Waals surface area contributed by atoms with Crippen LogP contribution in [0.3, 0.4) is 0 Å². The fourth-order valence-electron chi connectivity index (χ4n) is 4.35. The van der Waals surface area contributed by atoms with Crippen molar-refractivity contribution in [2.75, 3.05) is 19.6 Å². The molecule has 3 aliphatic rings. The van der Waals surface area contributed by atoms with Crippen LogP contribution in [0.2, 0.25) is 0 Å². The third-order valence-corrected chi connectivity index (χ3v) is 8.32. The molecule has 1 amide bonds. The van der Waals surface area contributed by atoms with Gasteiger partial charge in [0.1, 0.15) is 5.69 Å². The average Bonchev–Trinajstić information content (AvgIpc) is 3.37. The molecule has 0 bridgehead atoms. The van der Waals surface area contributed by atoms with Crippen molar-refractivity contribution in [1.29, 1.82) is 0 Å². The normalized spacial score (nSPS) is 27.6. The standard InChI is InChI=1S/C18H28N4O3S/c1-12(2)26(24,25)21-9-7-17-14(11-21)4-3-8-22(17)18(23)16-10-15(19-20-16)13-5-6-13/h10,12-14,17H,3-9,11H2,1-2H3,(H,19,20)/t14-,17-/m1/s1. The maximum Gasteiger partial charge on any atom is 0.274 e. The molecule has 26 heavy (non-hydrogen) atoms. The summed E-state index contributed by atoms with van der Waals surface area (Å²) in [5.74, 6) is 0.752. The molecular formula is C18H28N4O3S. The Hall–Kier alpha value is -1.41. The molecule has 3 heterocycles. The fraction of sp³-hybridized carbons (Fsp3) is 0.778. The second kappa shape index (κ2) is 6.64. The maximum absolute atomic E-state index is 13.0. The van der Waals surface area contributed by atoms with E-state index in [0.717, 1.165) is 25.1 Å². The van der Waals surface area contributed by atoms with Gasteiger partial charge in [-0.25, -0.2) is 12.7 Å². The first-order chi connectivity index (χ1) is 12.4. The molecule has 2 aliphatic heterocycles. The topological polar surface area (TPSA) is 86.4 Å². The highest BCUT2D eigenvalue weighted by molar-refractivity contribution is 7.89. The van der Waals surface area contributed by atoms with E-state index in [1.165, 1.54) is 12.8 Å². The third-order valence-electron chi connectivity index (χ3n) is 6.08. The van der Waals surface area contributed by atoms with Crippen LogP contribution in [0.15, 0.2) is 6.07 Å². The Morgan fingerprint density at radius 2 is 2.00 bits per heavy atom. The Morgan fingerprint density at radius 3 is 2.69 bits per heavy atom. The van der Waals surface area contributed by atoms with Gasteiger partial charge < -0.3 is 4.90 Å². The molecule has 2 atom stereocenters. The number of H-pyrrole nitrogens is 1. The molecule has 144 valence electrons. The van der Waals surface area contributed by atoms with Gasteiger partial charge in [0.2, 0.25) is 10.0 Å². The first-order valence-corrected chi connectivity index (χ1v) is 11.2. The van der Waals surface area contributed by atoms with Crippen LogP contribution < -0.4 is 0 Å². The van der Waals surface area contributed by atoms with Crippen molar-refractivity contribution in [3.63, 3.8) is 0 Å². The highest BCUT2D eigenvalue weighted by atomic mass is 32.2. The highest BCUT2D eigenvalue weighted by Crippen LogP contribution is 2.39. The summed E-state index contributed by atoms with van der Waals surface area (Å²) in [5.41, 5.74) is 1.57. The summed E-state index contributed by atoms with van der Waals surface area (Å²) in [7, 11) is -3.23. The van der Waals surface area contributed by atoms with Crippen LogP contribution in [0, 0.1) is 5.92 Å². The van der Waals surface area contributed by atoms with E-state index in [1.54, 1.807) is 18.2 Å². The van der Waals surface area contributed by atoms with Gasteiger partial charge in [-0.2, -0.15) is 5.10 Å². The van der Waals surface area contributed by atoms with Gasteiger partial charge >= 0.3 is 0 Å². The Labute approximate surface area is 155 Å². The number of hydrogen-bond acceptors (Lipinski definition) is 4. The Bertz CT molecular complexity index is 784. The number of sulfonamides is 1. The number of piperidine rings is 2. The van der Waals surface area contributed by atoms with Gasteiger partial charge in [-0.15, -0.1) is 0 Å². The zero-order chi connectivity index (χ0) is 18.5. The maximum atomic E-state index is 13.0. The average molecular weight is 381 g/mol. The van der Waals surface area contributed by atoms with Crippen LogP contribution in [-0.2, 0) is 10.0 Å². The van der Waals surface area contributed by atoms with Gasteiger partial charge in [0.05, 0.1) is 5.25 Å². The molecule has 0 unspecified atom stereocenters. The number of fused-ring (bicyclic) bond motifs is 1. The molecule has 4 rings (SSSR count). The highest BCUT2D eigenvalue weighted by Gasteiger charge is 2.42. The monoisotopic (exact) mass is 380 g/mol. The fourth-order valence-corrected chi connectivity index (χ4v) is 5.70. The number of rotatable bonds is 4. The zero-order valence-corrected chi connectivity index (χ0v) is 16.3. The summed E-state index contributed by atoms with van der Waals surface area (Å²) >= 11 is 0. The number of carbonyl (C=O) groups is 1. The van der Waals surface area contributed by atoms with E-state index in [0.29, 0.717) is 31.1 Å². The van der Waals surface area contributed by atoms with Crippen LogP contribution in [0.1, 0.15) is 68.1 Å². The van der Waals surface area contributed by atoms with E-state index in [1.807, 2.05) is 11.0 Å². The van der Waals surface area contributed by atoms with Crippen LogP contribution in [-0.4, -0.2) is 64.7 Å². The second-order valence-corrected chi connectivity index (χ2v) is 10.7. The van der Waals surface area contributed by atoms with Gasteiger partial charge in [-0.05, 0) is 57.9 Å². The lowest BCUT2D eigenvalue weighted by atomic mass is 9.84. The minimum atomic E-state index is -3.23. The van der Waals surface area contributed by atoms with Gasteiger partial charge in [0, 0.05) is 37.3 Å². The number of amides is 1. The van der Waals surface area contributed by atoms with Crippen molar-refractivity contribution >= 4 is 15.9 Å². The molecule has 1 aromatic heterocycles. The summed E-state index contributed by atoms with van der Waals surface area (Å²) in [6.07, 6.45) is 4.95. The summed E-state index contributed by atoms with van der Waals surface area (Å²) in [6.45, 7) is 5.23. The molecule has 0 aromatic carbocycles. The number of nitrogens with one attached hydrogen (secondary N) is 1. The summed E-state index contributed by atoms with van der Waals surface area (Å²) in [4.78, 5) is 15.0. The Kier molecular flexibility index (Phi) is 4.59. The van der Waals surface area contributed by atoms with Crippen molar-refractivity contribution in [3.8, 4) is 0 Å². The van der Waals surface area contributed by atoms with Crippen LogP contribution in [0.25, 0.3) is 0 Å². The van der Waals surface area contributed by atoms with E-state index >= 15 is 0 Å². The molecule has 8 heteroatoms. The van der Waals surface area contributed by atoms with E-state index in [2.05, 4.69) is 10.2 Å². The predicted molar refractivity (Wildman–Crippen MR) is 98.4 cm³/mol. The molecule has 1 aliphatic carbocycles. The van der Waals surface area contributed by atoms with E-state index in [4.69, 9.17) is 0 Å². The number of nitrogens with zero attached hydrogens (tertiary/aromatic N) is 3. The molecule has 3 fully saturated rings. The number of carbonyl (C=O) groups excluding carboxylic acids is 1. The molecule has 0 spiro atoms. The predicted octanol–water partition coefficient (Wildman–Crippen LogP) is 1.95. The molecule has 2 saturated heterocycles. The lowest BCUT2D eigenvalue weighted by Crippen LogP contribution is -2.57. The number of likely N-dealkylation sites (tertiary alicyclic amines) is 1. The van der Waals surface area contributed by atoms with Crippen molar-refractivity contribution in [3.05, 3.63) is 17.5 Å². The summed E-state index contributed by atoms with van der Waals surface area (Å²) in [5, 5.41) is 6.86.